The van der Waals surface area contributed by atoms with E-state index in [1.165, 1.54) is 0 Å². The molecule has 3 rings (SSSR count). The molecule has 102 valence electrons. The second-order valence-electron chi connectivity index (χ2n) is 5.24. The lowest BCUT2D eigenvalue weighted by Gasteiger charge is -2.20. The lowest BCUT2D eigenvalue weighted by molar-refractivity contribution is -0.136. The third kappa shape index (κ3) is 2.42. The Hall–Kier alpha value is -1.26. The maximum absolute atomic E-state index is 12.4. The molecule has 1 aromatic rings. The summed E-state index contributed by atoms with van der Waals surface area (Å²) in [7, 11) is 0. The summed E-state index contributed by atoms with van der Waals surface area (Å²) in [6.45, 7) is 2.19. The first-order chi connectivity index (χ1) is 9.17. The number of carbonyl (C=O) groups excluding carboxylic acids is 1. The van der Waals surface area contributed by atoms with Crippen molar-refractivity contribution in [3.8, 4) is 5.75 Å². The second kappa shape index (κ2) is 5.02. The number of fused-ring (bicyclic) bond motifs is 1. The Morgan fingerprint density at radius 1 is 1.53 bits per heavy atom. The number of carbonyl (C=O) groups is 1. The molecule has 2 N–H and O–H groups in total. The molecule has 0 saturated carbocycles. The average Bonchev–Trinajstić information content (AvgIpc) is 3.03. The molecule has 5 heteroatoms. The third-order valence-electron chi connectivity index (χ3n) is 3.90. The van der Waals surface area contributed by atoms with Crippen LogP contribution < -0.4 is 10.5 Å². The number of amides is 1. The zero-order chi connectivity index (χ0) is 13.4. The molecule has 1 aromatic carbocycles. The highest BCUT2D eigenvalue weighted by atomic mass is 35.5. The standard InChI is InChI=1S/C14H17ClN2O2/c15-11-1-2-12-10(5-11)6-13(19-12)14(18)17-4-3-9(7-16)8-17/h1-2,5,9,13H,3-4,6-8,16H2/t9-,13+/m0/s1. The highest BCUT2D eigenvalue weighted by Crippen LogP contribution is 2.32. The van der Waals surface area contributed by atoms with E-state index in [0.29, 0.717) is 23.9 Å². The van der Waals surface area contributed by atoms with Crippen LogP contribution in [0.1, 0.15) is 12.0 Å². The normalized spacial score (nSPS) is 25.3. The van der Waals surface area contributed by atoms with E-state index in [2.05, 4.69) is 0 Å². The minimum absolute atomic E-state index is 0.0725. The summed E-state index contributed by atoms with van der Waals surface area (Å²) >= 11 is 5.95. The lowest BCUT2D eigenvalue weighted by atomic mass is 10.1. The number of benzene rings is 1. The van der Waals surface area contributed by atoms with E-state index in [1.807, 2.05) is 17.0 Å². The summed E-state index contributed by atoms with van der Waals surface area (Å²) in [5.74, 6) is 1.28. The van der Waals surface area contributed by atoms with Crippen LogP contribution in [0.25, 0.3) is 0 Å². The number of likely N-dealkylation sites (tertiary alicyclic amines) is 1. The van der Waals surface area contributed by atoms with Gasteiger partial charge in [-0.3, -0.25) is 4.79 Å². The van der Waals surface area contributed by atoms with E-state index < -0.39 is 6.10 Å². The van der Waals surface area contributed by atoms with Crippen molar-refractivity contribution in [3.05, 3.63) is 28.8 Å². The van der Waals surface area contributed by atoms with E-state index in [-0.39, 0.29) is 5.91 Å². The van der Waals surface area contributed by atoms with E-state index in [0.717, 1.165) is 30.8 Å². The first kappa shape index (κ1) is 12.8. The van der Waals surface area contributed by atoms with Crippen LogP contribution in [0, 0.1) is 5.92 Å². The summed E-state index contributed by atoms with van der Waals surface area (Å²) in [5.41, 5.74) is 6.67. The van der Waals surface area contributed by atoms with Crippen molar-refractivity contribution in [2.45, 2.75) is 18.9 Å². The van der Waals surface area contributed by atoms with Crippen LogP contribution >= 0.6 is 11.6 Å². The molecule has 1 fully saturated rings. The van der Waals surface area contributed by atoms with Crippen molar-refractivity contribution in [1.82, 2.24) is 4.90 Å². The summed E-state index contributed by atoms with van der Waals surface area (Å²) in [4.78, 5) is 14.3. The summed E-state index contributed by atoms with van der Waals surface area (Å²) in [6.07, 6.45) is 1.21. The van der Waals surface area contributed by atoms with Crippen molar-refractivity contribution in [2.75, 3.05) is 19.6 Å². The van der Waals surface area contributed by atoms with Gasteiger partial charge in [-0.1, -0.05) is 11.6 Å². The number of halogens is 1. The van der Waals surface area contributed by atoms with Gasteiger partial charge >= 0.3 is 0 Å². The second-order valence-corrected chi connectivity index (χ2v) is 5.67. The van der Waals surface area contributed by atoms with Gasteiger partial charge in [-0.2, -0.15) is 0 Å². The van der Waals surface area contributed by atoms with E-state index >= 15 is 0 Å². The van der Waals surface area contributed by atoms with Crippen molar-refractivity contribution in [1.29, 1.82) is 0 Å². The Balaban J connectivity index is 1.68. The van der Waals surface area contributed by atoms with Gasteiger partial charge < -0.3 is 15.4 Å². The van der Waals surface area contributed by atoms with Gasteiger partial charge in [0.25, 0.3) is 5.91 Å². The lowest BCUT2D eigenvalue weighted by Crippen LogP contribution is -2.40. The van der Waals surface area contributed by atoms with Gasteiger partial charge in [0.1, 0.15) is 5.75 Å². The quantitative estimate of drug-likeness (QED) is 0.892. The molecule has 2 aliphatic rings. The molecule has 2 aliphatic heterocycles. The predicted molar refractivity (Wildman–Crippen MR) is 73.3 cm³/mol. The van der Waals surface area contributed by atoms with Crippen LogP contribution in [0.2, 0.25) is 5.02 Å². The van der Waals surface area contributed by atoms with Crippen molar-refractivity contribution < 1.29 is 9.53 Å². The maximum atomic E-state index is 12.4. The summed E-state index contributed by atoms with van der Waals surface area (Å²) < 4.78 is 5.72. The predicted octanol–water partition coefficient (Wildman–Crippen LogP) is 1.45. The largest absolute Gasteiger partial charge is 0.480 e. The Morgan fingerprint density at radius 2 is 2.37 bits per heavy atom. The van der Waals surface area contributed by atoms with Crippen molar-refractivity contribution >= 4 is 17.5 Å². The Bertz CT molecular complexity index is 506. The molecule has 0 radical (unpaired) electrons. The van der Waals surface area contributed by atoms with Crippen LogP contribution in [0.15, 0.2) is 18.2 Å². The minimum Gasteiger partial charge on any atom is -0.480 e. The molecule has 0 spiro atoms. The fourth-order valence-electron chi connectivity index (χ4n) is 2.78. The van der Waals surface area contributed by atoms with Gasteiger partial charge in [-0.05, 0) is 42.6 Å². The zero-order valence-corrected chi connectivity index (χ0v) is 11.4. The fourth-order valence-corrected chi connectivity index (χ4v) is 2.98. The Labute approximate surface area is 117 Å². The highest BCUT2D eigenvalue weighted by Gasteiger charge is 2.35. The topological polar surface area (TPSA) is 55.6 Å². The number of hydrogen-bond donors (Lipinski definition) is 1. The number of rotatable bonds is 2. The summed E-state index contributed by atoms with van der Waals surface area (Å²) in [6, 6.07) is 5.49. The van der Waals surface area contributed by atoms with Crippen LogP contribution in [-0.4, -0.2) is 36.5 Å². The first-order valence-electron chi connectivity index (χ1n) is 6.61. The van der Waals surface area contributed by atoms with Crippen LogP contribution in [0.3, 0.4) is 0 Å². The number of nitrogens with zero attached hydrogens (tertiary/aromatic N) is 1. The Morgan fingerprint density at radius 3 is 3.11 bits per heavy atom. The van der Waals surface area contributed by atoms with Gasteiger partial charge in [0, 0.05) is 24.5 Å². The smallest absolute Gasteiger partial charge is 0.264 e. The maximum Gasteiger partial charge on any atom is 0.264 e. The van der Waals surface area contributed by atoms with Crippen LogP contribution in [0.4, 0.5) is 0 Å². The Kier molecular flexibility index (Phi) is 3.37. The van der Waals surface area contributed by atoms with E-state index in [4.69, 9.17) is 22.1 Å². The minimum atomic E-state index is -0.398. The number of ether oxygens (including phenoxy) is 1. The molecule has 1 amide bonds. The molecule has 0 unspecified atom stereocenters. The molecule has 4 nitrogen and oxygen atoms in total. The molecule has 2 atom stereocenters. The monoisotopic (exact) mass is 280 g/mol. The van der Waals surface area contributed by atoms with E-state index in [9.17, 15) is 4.79 Å². The highest BCUT2D eigenvalue weighted by molar-refractivity contribution is 6.30. The average molecular weight is 281 g/mol. The van der Waals surface area contributed by atoms with Crippen molar-refractivity contribution in [3.63, 3.8) is 0 Å². The van der Waals surface area contributed by atoms with Gasteiger partial charge in [0.05, 0.1) is 0 Å². The molecular formula is C14H17ClN2O2. The van der Waals surface area contributed by atoms with Gasteiger partial charge in [0.2, 0.25) is 0 Å². The summed E-state index contributed by atoms with van der Waals surface area (Å²) in [5, 5.41) is 0.680. The molecular weight excluding hydrogens is 264 g/mol. The van der Waals surface area contributed by atoms with Gasteiger partial charge in [-0.15, -0.1) is 0 Å². The molecule has 0 bridgehead atoms. The van der Waals surface area contributed by atoms with Gasteiger partial charge in [-0.25, -0.2) is 0 Å². The molecule has 2 heterocycles. The fraction of sp³-hybridized carbons (Fsp3) is 0.500. The molecule has 19 heavy (non-hydrogen) atoms. The number of hydrogen-bond acceptors (Lipinski definition) is 3. The first-order valence-corrected chi connectivity index (χ1v) is 6.99. The molecule has 0 aromatic heterocycles. The van der Waals surface area contributed by atoms with Crippen LogP contribution in [0.5, 0.6) is 5.75 Å². The van der Waals surface area contributed by atoms with E-state index in [1.54, 1.807) is 6.07 Å². The molecule has 0 aliphatic carbocycles. The van der Waals surface area contributed by atoms with Crippen molar-refractivity contribution in [2.24, 2.45) is 11.7 Å². The molecule has 1 saturated heterocycles. The third-order valence-corrected chi connectivity index (χ3v) is 4.14. The number of nitrogens with two attached hydrogens (primary N) is 1. The van der Waals surface area contributed by atoms with Crippen LogP contribution in [-0.2, 0) is 11.2 Å². The zero-order valence-electron chi connectivity index (χ0n) is 10.6. The SMILES string of the molecule is NC[C@@H]1CCN(C(=O)[C@H]2Cc3cc(Cl)ccc3O2)C1. The van der Waals surface area contributed by atoms with Gasteiger partial charge in [0.15, 0.2) is 6.10 Å².